The Bertz CT molecular complexity index is 758. The number of ether oxygens (including phenoxy) is 1. The van der Waals surface area contributed by atoms with E-state index >= 15 is 0 Å². The van der Waals surface area contributed by atoms with Gasteiger partial charge in [0, 0.05) is 6.04 Å². The zero-order valence-corrected chi connectivity index (χ0v) is 17.7. The molecule has 5 heteroatoms. The molecular weight excluding hydrogens is 362 g/mol. The van der Waals surface area contributed by atoms with Crippen LogP contribution in [0.2, 0.25) is 0 Å². The normalized spacial score (nSPS) is 15.7. The molecular formula is C24H34N3O2+. The Morgan fingerprint density at radius 1 is 1.10 bits per heavy atom. The first-order valence-corrected chi connectivity index (χ1v) is 10.8. The molecule has 3 rings (SSSR count). The van der Waals surface area contributed by atoms with Crippen molar-refractivity contribution in [3.63, 3.8) is 0 Å². The van der Waals surface area contributed by atoms with Crippen molar-refractivity contribution >= 4 is 11.6 Å². The van der Waals surface area contributed by atoms with Crippen molar-refractivity contribution in [2.75, 3.05) is 44.2 Å². The molecule has 0 aromatic heterocycles. The minimum atomic E-state index is 0.156. The van der Waals surface area contributed by atoms with Crippen molar-refractivity contribution in [1.29, 1.82) is 0 Å². The quantitative estimate of drug-likeness (QED) is 0.681. The topological polar surface area (TPSA) is 46.0 Å². The van der Waals surface area contributed by atoms with E-state index in [4.69, 9.17) is 4.74 Å². The third kappa shape index (κ3) is 6.50. The van der Waals surface area contributed by atoms with Gasteiger partial charge in [-0.2, -0.15) is 0 Å². The number of nitrogens with zero attached hydrogens (tertiary/aromatic N) is 1. The van der Waals surface area contributed by atoms with Gasteiger partial charge in [-0.3, -0.25) is 4.79 Å². The maximum absolute atomic E-state index is 12.5. The summed E-state index contributed by atoms with van der Waals surface area (Å²) in [6, 6.07) is 18.9. The number of benzene rings is 2. The van der Waals surface area contributed by atoms with Crippen molar-refractivity contribution in [3.8, 4) is 5.75 Å². The second-order valence-electron chi connectivity index (χ2n) is 7.81. The molecule has 2 aromatic rings. The van der Waals surface area contributed by atoms with Crippen LogP contribution in [0.4, 0.5) is 5.69 Å². The Morgan fingerprint density at radius 2 is 1.79 bits per heavy atom. The summed E-state index contributed by atoms with van der Waals surface area (Å²) >= 11 is 0. The van der Waals surface area contributed by atoms with E-state index < -0.39 is 0 Å². The van der Waals surface area contributed by atoms with Crippen LogP contribution >= 0.6 is 0 Å². The third-order valence-electron chi connectivity index (χ3n) is 5.50. The lowest BCUT2D eigenvalue weighted by molar-refractivity contribution is -0.892. The van der Waals surface area contributed by atoms with E-state index in [0.717, 1.165) is 50.5 Å². The maximum atomic E-state index is 12.5. The van der Waals surface area contributed by atoms with Gasteiger partial charge in [0.05, 0.1) is 38.5 Å². The van der Waals surface area contributed by atoms with Crippen LogP contribution in [0.5, 0.6) is 5.75 Å². The monoisotopic (exact) mass is 396 g/mol. The number of anilines is 1. The molecule has 0 radical (unpaired) electrons. The van der Waals surface area contributed by atoms with Gasteiger partial charge >= 0.3 is 0 Å². The standard InChI is InChI=1S/C24H33N3O2/c1-3-29-23-12-8-7-11-22(23)27-17-15-26(16-18-27)19-24(28)25-20(2)13-14-21-9-5-4-6-10-21/h4-12,20H,3,13-19H2,1-2H3,(H,25,28)/p+1/t20-/m0/s1. The number of aryl methyl sites for hydroxylation is 1. The second kappa shape index (κ2) is 10.9. The molecule has 1 aliphatic rings. The number of piperazine rings is 1. The van der Waals surface area contributed by atoms with Gasteiger partial charge in [-0.15, -0.1) is 0 Å². The zero-order valence-electron chi connectivity index (χ0n) is 17.7. The van der Waals surface area contributed by atoms with Gasteiger partial charge in [-0.25, -0.2) is 0 Å². The molecule has 5 nitrogen and oxygen atoms in total. The molecule has 29 heavy (non-hydrogen) atoms. The van der Waals surface area contributed by atoms with Crippen molar-refractivity contribution in [1.82, 2.24) is 5.32 Å². The van der Waals surface area contributed by atoms with Crippen molar-refractivity contribution in [2.45, 2.75) is 32.7 Å². The van der Waals surface area contributed by atoms with Crippen molar-refractivity contribution < 1.29 is 14.4 Å². The molecule has 0 spiro atoms. The molecule has 1 fully saturated rings. The smallest absolute Gasteiger partial charge is 0.275 e. The largest absolute Gasteiger partial charge is 0.492 e. The lowest BCUT2D eigenvalue weighted by atomic mass is 10.1. The summed E-state index contributed by atoms with van der Waals surface area (Å²) in [7, 11) is 0. The second-order valence-corrected chi connectivity index (χ2v) is 7.81. The van der Waals surface area contributed by atoms with Crippen LogP contribution < -0.4 is 19.9 Å². The van der Waals surface area contributed by atoms with Gasteiger partial charge in [0.2, 0.25) is 0 Å². The van der Waals surface area contributed by atoms with Crippen LogP contribution in [0.3, 0.4) is 0 Å². The van der Waals surface area contributed by atoms with E-state index in [-0.39, 0.29) is 11.9 Å². The van der Waals surface area contributed by atoms with Crippen LogP contribution in [-0.2, 0) is 11.2 Å². The fourth-order valence-corrected chi connectivity index (χ4v) is 3.89. The Morgan fingerprint density at radius 3 is 2.52 bits per heavy atom. The van der Waals surface area contributed by atoms with E-state index in [2.05, 4.69) is 53.5 Å². The molecule has 1 saturated heterocycles. The van der Waals surface area contributed by atoms with E-state index in [0.29, 0.717) is 13.2 Å². The Balaban J connectivity index is 1.40. The van der Waals surface area contributed by atoms with E-state index in [1.165, 1.54) is 10.5 Å². The summed E-state index contributed by atoms with van der Waals surface area (Å²) < 4.78 is 5.77. The third-order valence-corrected chi connectivity index (χ3v) is 5.50. The molecule has 1 atom stereocenters. The van der Waals surface area contributed by atoms with Crippen LogP contribution in [-0.4, -0.2) is 51.3 Å². The number of amides is 1. The number of nitrogens with one attached hydrogen (secondary N) is 2. The van der Waals surface area contributed by atoms with Gasteiger partial charge in [-0.05, 0) is 44.4 Å². The minimum absolute atomic E-state index is 0.156. The average Bonchev–Trinajstić information content (AvgIpc) is 2.74. The fourth-order valence-electron chi connectivity index (χ4n) is 3.89. The molecule has 0 bridgehead atoms. The van der Waals surface area contributed by atoms with Gasteiger partial charge in [0.1, 0.15) is 5.75 Å². The molecule has 1 heterocycles. The molecule has 0 unspecified atom stereocenters. The number of carbonyl (C=O) groups is 1. The van der Waals surface area contributed by atoms with Crippen molar-refractivity contribution in [2.24, 2.45) is 0 Å². The first kappa shape index (κ1) is 21.2. The van der Waals surface area contributed by atoms with Crippen LogP contribution in [0.1, 0.15) is 25.8 Å². The summed E-state index contributed by atoms with van der Waals surface area (Å²) in [4.78, 5) is 16.2. The Labute approximate surface area is 174 Å². The Hall–Kier alpha value is -2.53. The highest BCUT2D eigenvalue weighted by Crippen LogP contribution is 2.27. The number of rotatable bonds is 9. The van der Waals surface area contributed by atoms with Gasteiger partial charge in [0.15, 0.2) is 6.54 Å². The van der Waals surface area contributed by atoms with Crippen LogP contribution in [0.25, 0.3) is 0 Å². The summed E-state index contributed by atoms with van der Waals surface area (Å²) in [6.45, 7) is 9.14. The maximum Gasteiger partial charge on any atom is 0.275 e. The fraction of sp³-hybridized carbons (Fsp3) is 0.458. The van der Waals surface area contributed by atoms with E-state index in [1.807, 2.05) is 25.1 Å². The van der Waals surface area contributed by atoms with Gasteiger partial charge in [0.25, 0.3) is 5.91 Å². The summed E-state index contributed by atoms with van der Waals surface area (Å²) in [5, 5.41) is 3.17. The zero-order chi connectivity index (χ0) is 20.5. The minimum Gasteiger partial charge on any atom is -0.492 e. The molecule has 2 N–H and O–H groups in total. The predicted octanol–water partition coefficient (Wildman–Crippen LogP) is 1.93. The van der Waals surface area contributed by atoms with E-state index in [1.54, 1.807) is 0 Å². The summed E-state index contributed by atoms with van der Waals surface area (Å²) in [5.74, 6) is 1.10. The number of hydrogen-bond acceptors (Lipinski definition) is 3. The summed E-state index contributed by atoms with van der Waals surface area (Å²) in [5.41, 5.74) is 2.48. The highest BCUT2D eigenvalue weighted by Gasteiger charge is 2.24. The number of carbonyl (C=O) groups excluding carboxylic acids is 1. The number of hydrogen-bond donors (Lipinski definition) is 2. The number of quaternary nitrogens is 1. The highest BCUT2D eigenvalue weighted by atomic mass is 16.5. The molecule has 0 saturated carbocycles. The average molecular weight is 397 g/mol. The summed E-state index contributed by atoms with van der Waals surface area (Å²) in [6.07, 6.45) is 1.96. The molecule has 1 aliphatic heterocycles. The predicted molar refractivity (Wildman–Crippen MR) is 118 cm³/mol. The number of para-hydroxylation sites is 2. The lowest BCUT2D eigenvalue weighted by Gasteiger charge is -2.34. The molecule has 2 aromatic carbocycles. The lowest BCUT2D eigenvalue weighted by Crippen LogP contribution is -3.16. The van der Waals surface area contributed by atoms with Gasteiger partial charge < -0.3 is 19.9 Å². The highest BCUT2D eigenvalue weighted by molar-refractivity contribution is 5.77. The molecule has 156 valence electrons. The first-order valence-electron chi connectivity index (χ1n) is 10.8. The van der Waals surface area contributed by atoms with Crippen LogP contribution in [0, 0.1) is 0 Å². The molecule has 1 amide bonds. The van der Waals surface area contributed by atoms with Crippen molar-refractivity contribution in [3.05, 3.63) is 60.2 Å². The van der Waals surface area contributed by atoms with Gasteiger partial charge in [-0.1, -0.05) is 42.5 Å². The van der Waals surface area contributed by atoms with Crippen LogP contribution in [0.15, 0.2) is 54.6 Å². The molecule has 0 aliphatic carbocycles. The van der Waals surface area contributed by atoms with E-state index in [9.17, 15) is 4.79 Å². The Kier molecular flexibility index (Phi) is 7.94. The first-order chi connectivity index (χ1) is 14.2. The SMILES string of the molecule is CCOc1ccccc1N1CC[NH+](CC(=O)N[C@@H](C)CCc2ccccc2)CC1.